The molecule has 1 aliphatic rings. The number of amides is 1. The van der Waals surface area contributed by atoms with E-state index in [1.54, 1.807) is 12.1 Å². The van der Waals surface area contributed by atoms with Gasteiger partial charge in [-0.05, 0) is 29.8 Å². The lowest BCUT2D eigenvalue weighted by Gasteiger charge is -2.34. The van der Waals surface area contributed by atoms with E-state index in [0.717, 1.165) is 32.7 Å². The predicted molar refractivity (Wildman–Crippen MR) is 106 cm³/mol. The number of nitrogens with zero attached hydrogens (tertiary/aromatic N) is 4. The summed E-state index contributed by atoms with van der Waals surface area (Å²) >= 11 is 0. The minimum Gasteiger partial charge on any atom is -0.340 e. The van der Waals surface area contributed by atoms with Crippen LogP contribution in [0.25, 0.3) is 11.4 Å². The van der Waals surface area contributed by atoms with Gasteiger partial charge in [0.1, 0.15) is 5.82 Å². The molecule has 0 radical (unpaired) electrons. The highest BCUT2D eigenvalue weighted by Crippen LogP contribution is 2.17. The molecule has 2 aromatic carbocycles. The van der Waals surface area contributed by atoms with Gasteiger partial charge in [-0.15, -0.1) is 0 Å². The number of carbonyl (C=O) groups is 1. The van der Waals surface area contributed by atoms with E-state index in [1.165, 1.54) is 17.7 Å². The summed E-state index contributed by atoms with van der Waals surface area (Å²) in [5, 5.41) is 3.92. The lowest BCUT2D eigenvalue weighted by molar-refractivity contribution is -0.133. The zero-order valence-corrected chi connectivity index (χ0v) is 16.1. The van der Waals surface area contributed by atoms with Crippen LogP contribution in [0.1, 0.15) is 17.9 Å². The van der Waals surface area contributed by atoms with E-state index in [0.29, 0.717) is 30.1 Å². The molecule has 150 valence electrons. The Bertz CT molecular complexity index is 935. The van der Waals surface area contributed by atoms with Gasteiger partial charge in [0.25, 0.3) is 0 Å². The Kier molecular flexibility index (Phi) is 5.95. The lowest BCUT2D eigenvalue weighted by Crippen LogP contribution is -2.48. The molecule has 29 heavy (non-hydrogen) atoms. The van der Waals surface area contributed by atoms with Gasteiger partial charge >= 0.3 is 0 Å². The highest BCUT2D eigenvalue weighted by atomic mass is 19.1. The maximum atomic E-state index is 13.0. The van der Waals surface area contributed by atoms with Gasteiger partial charge in [0.15, 0.2) is 0 Å². The van der Waals surface area contributed by atoms with Crippen LogP contribution in [0, 0.1) is 5.82 Å². The molecule has 4 rings (SSSR count). The standard InChI is InChI=1S/C22H23FN4O2/c23-19-8-6-18(7-9-19)22-24-20(29-25-22)10-11-21(28)27-14-12-26(13-15-27)16-17-4-2-1-3-5-17/h1-9H,10-16H2. The summed E-state index contributed by atoms with van der Waals surface area (Å²) in [4.78, 5) is 21.1. The highest BCUT2D eigenvalue weighted by Gasteiger charge is 2.21. The van der Waals surface area contributed by atoms with Crippen molar-refractivity contribution in [2.45, 2.75) is 19.4 Å². The number of piperazine rings is 1. The van der Waals surface area contributed by atoms with Crippen molar-refractivity contribution in [2.24, 2.45) is 0 Å². The summed E-state index contributed by atoms with van der Waals surface area (Å²) in [5.74, 6) is 0.611. The van der Waals surface area contributed by atoms with Gasteiger partial charge in [-0.1, -0.05) is 35.5 Å². The van der Waals surface area contributed by atoms with E-state index in [1.807, 2.05) is 23.1 Å². The maximum absolute atomic E-state index is 13.0. The molecule has 7 heteroatoms. The molecule has 1 amide bonds. The molecule has 0 spiro atoms. The second-order valence-electron chi connectivity index (χ2n) is 7.16. The van der Waals surface area contributed by atoms with Crippen LogP contribution < -0.4 is 0 Å². The van der Waals surface area contributed by atoms with Gasteiger partial charge in [0.05, 0.1) is 0 Å². The Morgan fingerprint density at radius 2 is 1.72 bits per heavy atom. The van der Waals surface area contributed by atoms with Gasteiger partial charge in [0, 0.05) is 51.1 Å². The third-order valence-corrected chi connectivity index (χ3v) is 5.10. The number of aromatic nitrogens is 2. The van der Waals surface area contributed by atoms with Crippen molar-refractivity contribution in [2.75, 3.05) is 26.2 Å². The van der Waals surface area contributed by atoms with Gasteiger partial charge < -0.3 is 9.42 Å². The Hall–Kier alpha value is -3.06. The van der Waals surface area contributed by atoms with Crippen LogP contribution in [0.15, 0.2) is 59.1 Å². The van der Waals surface area contributed by atoms with E-state index >= 15 is 0 Å². The number of benzene rings is 2. The van der Waals surface area contributed by atoms with E-state index in [-0.39, 0.29) is 11.7 Å². The fourth-order valence-corrected chi connectivity index (χ4v) is 3.44. The summed E-state index contributed by atoms with van der Waals surface area (Å²) < 4.78 is 18.3. The molecule has 0 atom stereocenters. The molecule has 1 fully saturated rings. The molecule has 0 N–H and O–H groups in total. The number of aryl methyl sites for hydroxylation is 1. The van der Waals surface area contributed by atoms with Crippen molar-refractivity contribution in [3.8, 4) is 11.4 Å². The summed E-state index contributed by atoms with van der Waals surface area (Å²) in [6.07, 6.45) is 0.737. The number of rotatable bonds is 6. The predicted octanol–water partition coefficient (Wildman–Crippen LogP) is 3.15. The topological polar surface area (TPSA) is 62.5 Å². The first-order valence-corrected chi connectivity index (χ1v) is 9.80. The fourth-order valence-electron chi connectivity index (χ4n) is 3.44. The van der Waals surface area contributed by atoms with Crippen molar-refractivity contribution in [1.82, 2.24) is 19.9 Å². The molecule has 0 bridgehead atoms. The molecular formula is C22H23FN4O2. The lowest BCUT2D eigenvalue weighted by atomic mass is 10.2. The SMILES string of the molecule is O=C(CCc1nc(-c2ccc(F)cc2)no1)N1CCN(Cc2ccccc2)CC1. The van der Waals surface area contributed by atoms with Crippen molar-refractivity contribution >= 4 is 5.91 Å². The molecule has 0 saturated carbocycles. The van der Waals surface area contributed by atoms with Gasteiger partial charge in [-0.25, -0.2) is 4.39 Å². The first-order valence-electron chi connectivity index (χ1n) is 9.80. The number of halogens is 1. The van der Waals surface area contributed by atoms with E-state index in [2.05, 4.69) is 27.2 Å². The van der Waals surface area contributed by atoms with Crippen LogP contribution in [-0.4, -0.2) is 52.0 Å². The third kappa shape index (κ3) is 5.06. The van der Waals surface area contributed by atoms with Crippen LogP contribution in [0.4, 0.5) is 4.39 Å². The largest absolute Gasteiger partial charge is 0.340 e. The van der Waals surface area contributed by atoms with Crippen LogP contribution >= 0.6 is 0 Å². The van der Waals surface area contributed by atoms with Crippen LogP contribution in [0.5, 0.6) is 0 Å². The van der Waals surface area contributed by atoms with E-state index in [4.69, 9.17) is 4.52 Å². The minimum atomic E-state index is -0.313. The monoisotopic (exact) mass is 394 g/mol. The van der Waals surface area contributed by atoms with Crippen LogP contribution in [0.2, 0.25) is 0 Å². The van der Waals surface area contributed by atoms with Crippen molar-refractivity contribution in [1.29, 1.82) is 0 Å². The summed E-state index contributed by atoms with van der Waals surface area (Å²) in [5.41, 5.74) is 1.97. The van der Waals surface area contributed by atoms with Gasteiger partial charge in [0.2, 0.25) is 17.6 Å². The first-order chi connectivity index (χ1) is 14.2. The Morgan fingerprint density at radius 3 is 2.45 bits per heavy atom. The molecule has 0 unspecified atom stereocenters. The molecule has 1 aromatic heterocycles. The molecule has 3 aromatic rings. The zero-order chi connectivity index (χ0) is 20.1. The van der Waals surface area contributed by atoms with Gasteiger partial charge in [-0.3, -0.25) is 9.69 Å². The smallest absolute Gasteiger partial charge is 0.227 e. The molecule has 6 nitrogen and oxygen atoms in total. The molecule has 1 saturated heterocycles. The van der Waals surface area contributed by atoms with Crippen molar-refractivity contribution in [3.63, 3.8) is 0 Å². The summed E-state index contributed by atoms with van der Waals surface area (Å²) in [7, 11) is 0. The van der Waals surface area contributed by atoms with E-state index < -0.39 is 0 Å². The molecule has 1 aliphatic heterocycles. The number of hydrogen-bond donors (Lipinski definition) is 0. The van der Waals surface area contributed by atoms with Crippen molar-refractivity contribution < 1.29 is 13.7 Å². The second-order valence-corrected chi connectivity index (χ2v) is 7.16. The Labute approximate surface area is 168 Å². The minimum absolute atomic E-state index is 0.103. The average Bonchev–Trinajstić information content (AvgIpc) is 3.23. The fraction of sp³-hybridized carbons (Fsp3) is 0.318. The third-order valence-electron chi connectivity index (χ3n) is 5.10. The van der Waals surface area contributed by atoms with Gasteiger partial charge in [-0.2, -0.15) is 4.98 Å². The highest BCUT2D eigenvalue weighted by molar-refractivity contribution is 5.76. The van der Waals surface area contributed by atoms with Crippen LogP contribution in [-0.2, 0) is 17.8 Å². The summed E-state index contributed by atoms with van der Waals surface area (Å²) in [6.45, 7) is 4.12. The molecule has 0 aliphatic carbocycles. The molecule has 2 heterocycles. The average molecular weight is 394 g/mol. The quantitative estimate of drug-likeness (QED) is 0.643. The summed E-state index contributed by atoms with van der Waals surface area (Å²) in [6, 6.07) is 16.3. The number of hydrogen-bond acceptors (Lipinski definition) is 5. The van der Waals surface area contributed by atoms with Crippen LogP contribution in [0.3, 0.4) is 0 Å². The first kappa shape index (κ1) is 19.3. The van der Waals surface area contributed by atoms with E-state index in [9.17, 15) is 9.18 Å². The zero-order valence-electron chi connectivity index (χ0n) is 16.1. The normalized spacial score (nSPS) is 14.9. The Balaban J connectivity index is 1.24. The number of carbonyl (C=O) groups excluding carboxylic acids is 1. The maximum Gasteiger partial charge on any atom is 0.227 e. The second kappa shape index (κ2) is 8.96. The Morgan fingerprint density at radius 1 is 1.00 bits per heavy atom. The molecular weight excluding hydrogens is 371 g/mol. The van der Waals surface area contributed by atoms with Crippen molar-refractivity contribution in [3.05, 3.63) is 71.9 Å².